The van der Waals surface area contributed by atoms with E-state index >= 15 is 0 Å². The number of carbonyl (C=O) groups excluding carboxylic acids is 1. The molecule has 98 valence electrons. The third-order valence-corrected chi connectivity index (χ3v) is 4.11. The van der Waals surface area contributed by atoms with Crippen LogP contribution in [0, 0.1) is 5.92 Å². The fraction of sp³-hybridized carbons (Fsp3) is 0.286. The third-order valence-electron chi connectivity index (χ3n) is 3.17. The van der Waals surface area contributed by atoms with Crippen molar-refractivity contribution in [2.24, 2.45) is 5.92 Å². The number of amides is 1. The van der Waals surface area contributed by atoms with Gasteiger partial charge in [0.05, 0.1) is 18.2 Å². The first-order chi connectivity index (χ1) is 9.33. The van der Waals surface area contributed by atoms with Gasteiger partial charge in [0.25, 0.3) is 0 Å². The van der Waals surface area contributed by atoms with Gasteiger partial charge in [0.1, 0.15) is 5.01 Å². The molecule has 1 aromatic carbocycles. The lowest BCUT2D eigenvalue weighted by molar-refractivity contribution is -0.126. The van der Waals surface area contributed by atoms with Crippen molar-refractivity contribution in [3.05, 3.63) is 41.4 Å². The van der Waals surface area contributed by atoms with Gasteiger partial charge in [-0.2, -0.15) is 0 Å². The highest BCUT2D eigenvalue weighted by molar-refractivity contribution is 7.13. The van der Waals surface area contributed by atoms with E-state index in [1.807, 2.05) is 35.7 Å². The van der Waals surface area contributed by atoms with Gasteiger partial charge in [-0.05, 0) is 0 Å². The third kappa shape index (κ3) is 2.83. The number of thiazole rings is 1. The van der Waals surface area contributed by atoms with Crippen LogP contribution in [0.15, 0.2) is 35.7 Å². The Morgan fingerprint density at radius 1 is 1.37 bits per heavy atom. The van der Waals surface area contributed by atoms with Crippen LogP contribution >= 0.6 is 11.3 Å². The molecule has 19 heavy (non-hydrogen) atoms. The van der Waals surface area contributed by atoms with Crippen LogP contribution < -0.4 is 10.6 Å². The number of benzene rings is 1. The van der Waals surface area contributed by atoms with Gasteiger partial charge in [0.15, 0.2) is 0 Å². The van der Waals surface area contributed by atoms with Crippen LogP contribution in [0.5, 0.6) is 0 Å². The number of nitrogens with one attached hydrogen (secondary N) is 2. The molecular formula is C14H15N3OS. The molecule has 2 N–H and O–H groups in total. The number of aromatic nitrogens is 1. The molecule has 0 spiro atoms. The van der Waals surface area contributed by atoms with Crippen LogP contribution in [-0.2, 0) is 11.3 Å². The monoisotopic (exact) mass is 273 g/mol. The largest absolute Gasteiger partial charge is 0.350 e. The van der Waals surface area contributed by atoms with Gasteiger partial charge in [-0.1, -0.05) is 30.3 Å². The van der Waals surface area contributed by atoms with E-state index in [9.17, 15) is 4.79 Å². The van der Waals surface area contributed by atoms with Crippen molar-refractivity contribution in [2.45, 2.75) is 6.54 Å². The van der Waals surface area contributed by atoms with Crippen molar-refractivity contribution in [2.75, 3.05) is 13.1 Å². The van der Waals surface area contributed by atoms with Crippen molar-refractivity contribution in [1.29, 1.82) is 0 Å². The Kier molecular flexibility index (Phi) is 3.57. The fourth-order valence-electron chi connectivity index (χ4n) is 1.90. The first kappa shape index (κ1) is 12.3. The lowest BCUT2D eigenvalue weighted by atomic mass is 10.0. The summed E-state index contributed by atoms with van der Waals surface area (Å²) in [6, 6.07) is 10.1. The summed E-state index contributed by atoms with van der Waals surface area (Å²) >= 11 is 1.61. The molecule has 0 saturated carbocycles. The van der Waals surface area contributed by atoms with E-state index in [0.717, 1.165) is 29.4 Å². The minimum atomic E-state index is 0.119. The van der Waals surface area contributed by atoms with Crippen molar-refractivity contribution in [3.8, 4) is 10.6 Å². The van der Waals surface area contributed by atoms with E-state index < -0.39 is 0 Å². The Balaban J connectivity index is 1.60. The Morgan fingerprint density at radius 3 is 2.84 bits per heavy atom. The number of rotatable bonds is 4. The molecule has 1 amide bonds. The van der Waals surface area contributed by atoms with Gasteiger partial charge in [-0.25, -0.2) is 4.98 Å². The Labute approximate surface area is 115 Å². The molecule has 0 bridgehead atoms. The quantitative estimate of drug-likeness (QED) is 0.890. The summed E-state index contributed by atoms with van der Waals surface area (Å²) in [4.78, 5) is 16.2. The lowest BCUT2D eigenvalue weighted by Gasteiger charge is -2.25. The number of carbonyl (C=O) groups is 1. The second-order valence-electron chi connectivity index (χ2n) is 4.58. The highest BCUT2D eigenvalue weighted by atomic mass is 32.1. The molecule has 4 nitrogen and oxygen atoms in total. The fourth-order valence-corrected chi connectivity index (χ4v) is 2.72. The maximum atomic E-state index is 11.7. The van der Waals surface area contributed by atoms with Gasteiger partial charge in [-0.15, -0.1) is 11.3 Å². The smallest absolute Gasteiger partial charge is 0.226 e. The average Bonchev–Trinajstić information content (AvgIpc) is 2.84. The SMILES string of the molecule is O=C(NCc1csc(-c2ccccc2)n1)C1CNC1. The van der Waals surface area contributed by atoms with E-state index in [0.29, 0.717) is 6.54 Å². The summed E-state index contributed by atoms with van der Waals surface area (Å²) < 4.78 is 0. The van der Waals surface area contributed by atoms with E-state index in [1.165, 1.54) is 0 Å². The molecule has 1 saturated heterocycles. The van der Waals surface area contributed by atoms with Crippen LogP contribution in [0.4, 0.5) is 0 Å². The van der Waals surface area contributed by atoms with Crippen LogP contribution in [0.3, 0.4) is 0 Å². The van der Waals surface area contributed by atoms with E-state index in [2.05, 4.69) is 15.6 Å². The topological polar surface area (TPSA) is 54.0 Å². The molecule has 1 aliphatic rings. The maximum absolute atomic E-state index is 11.7. The normalized spacial score (nSPS) is 14.9. The summed E-state index contributed by atoms with van der Waals surface area (Å²) in [5, 5.41) is 9.02. The van der Waals surface area contributed by atoms with Crippen molar-refractivity contribution < 1.29 is 4.79 Å². The van der Waals surface area contributed by atoms with Crippen LogP contribution in [0.2, 0.25) is 0 Å². The van der Waals surface area contributed by atoms with Gasteiger partial charge in [0.2, 0.25) is 5.91 Å². The number of hydrogen-bond donors (Lipinski definition) is 2. The second kappa shape index (κ2) is 5.50. The van der Waals surface area contributed by atoms with E-state index in [-0.39, 0.29) is 11.8 Å². The van der Waals surface area contributed by atoms with Crippen LogP contribution in [-0.4, -0.2) is 24.0 Å². The molecule has 0 aliphatic carbocycles. The number of nitrogens with zero attached hydrogens (tertiary/aromatic N) is 1. The molecule has 0 radical (unpaired) electrons. The predicted molar refractivity (Wildman–Crippen MR) is 75.8 cm³/mol. The summed E-state index contributed by atoms with van der Waals surface area (Å²) in [7, 11) is 0. The summed E-state index contributed by atoms with van der Waals surface area (Å²) in [5.41, 5.74) is 2.04. The number of hydrogen-bond acceptors (Lipinski definition) is 4. The molecule has 1 fully saturated rings. The minimum Gasteiger partial charge on any atom is -0.350 e. The van der Waals surface area contributed by atoms with Crippen molar-refractivity contribution in [3.63, 3.8) is 0 Å². The zero-order valence-electron chi connectivity index (χ0n) is 10.4. The minimum absolute atomic E-state index is 0.119. The molecular weight excluding hydrogens is 258 g/mol. The van der Waals surface area contributed by atoms with Gasteiger partial charge < -0.3 is 10.6 Å². The Bertz CT molecular complexity index is 563. The van der Waals surface area contributed by atoms with Crippen molar-refractivity contribution >= 4 is 17.2 Å². The average molecular weight is 273 g/mol. The van der Waals surface area contributed by atoms with Crippen molar-refractivity contribution in [1.82, 2.24) is 15.6 Å². The molecule has 0 unspecified atom stereocenters. The first-order valence-corrected chi connectivity index (χ1v) is 7.19. The van der Waals surface area contributed by atoms with Gasteiger partial charge in [0, 0.05) is 24.0 Å². The zero-order valence-corrected chi connectivity index (χ0v) is 11.2. The molecule has 2 aromatic rings. The predicted octanol–water partition coefficient (Wildman–Crippen LogP) is 1.65. The summed E-state index contributed by atoms with van der Waals surface area (Å²) in [6.45, 7) is 2.09. The van der Waals surface area contributed by atoms with Gasteiger partial charge >= 0.3 is 0 Å². The lowest BCUT2D eigenvalue weighted by Crippen LogP contribution is -2.50. The van der Waals surface area contributed by atoms with E-state index in [1.54, 1.807) is 11.3 Å². The Hall–Kier alpha value is -1.72. The second-order valence-corrected chi connectivity index (χ2v) is 5.44. The molecule has 1 aliphatic heterocycles. The maximum Gasteiger partial charge on any atom is 0.226 e. The molecule has 1 aromatic heterocycles. The molecule has 0 atom stereocenters. The zero-order chi connectivity index (χ0) is 13.1. The molecule has 2 heterocycles. The standard InChI is InChI=1S/C14H15N3OS/c18-13(11-6-15-7-11)16-8-12-9-19-14(17-12)10-4-2-1-3-5-10/h1-5,9,11,15H,6-8H2,(H,16,18). The highest BCUT2D eigenvalue weighted by Gasteiger charge is 2.24. The molecule has 5 heteroatoms. The highest BCUT2D eigenvalue weighted by Crippen LogP contribution is 2.23. The van der Waals surface area contributed by atoms with Crippen LogP contribution in [0.1, 0.15) is 5.69 Å². The van der Waals surface area contributed by atoms with Gasteiger partial charge in [-0.3, -0.25) is 4.79 Å². The first-order valence-electron chi connectivity index (χ1n) is 6.31. The van der Waals surface area contributed by atoms with E-state index in [4.69, 9.17) is 0 Å². The van der Waals surface area contributed by atoms with Crippen LogP contribution in [0.25, 0.3) is 10.6 Å². The summed E-state index contributed by atoms with van der Waals surface area (Å²) in [6.07, 6.45) is 0. The summed E-state index contributed by atoms with van der Waals surface area (Å²) in [5.74, 6) is 0.250. The molecule has 3 rings (SSSR count). The Morgan fingerprint density at radius 2 is 2.16 bits per heavy atom.